The van der Waals surface area contributed by atoms with Crippen LogP contribution in [0.25, 0.3) is 0 Å². The number of rotatable bonds is 5. The maximum Gasteiger partial charge on any atom is 0.208 e. The lowest BCUT2D eigenvalue weighted by Gasteiger charge is -2.12. The Kier molecular flexibility index (Phi) is 5.41. The summed E-state index contributed by atoms with van der Waals surface area (Å²) >= 11 is 1.73. The molecule has 0 aromatic rings. The third-order valence-electron chi connectivity index (χ3n) is 1.79. The van der Waals surface area contributed by atoms with Gasteiger partial charge >= 0.3 is 0 Å². The smallest absolute Gasteiger partial charge is 0.208 e. The normalized spacial score (nSPS) is 17.3. The molecule has 7 heteroatoms. The number of aliphatic imine (C=N–C) groups is 1. The van der Waals surface area contributed by atoms with E-state index in [0.29, 0.717) is 6.54 Å². The summed E-state index contributed by atoms with van der Waals surface area (Å²) in [5.74, 6) is 1.12. The van der Waals surface area contributed by atoms with E-state index in [1.165, 1.54) is 6.26 Å². The van der Waals surface area contributed by atoms with E-state index in [4.69, 9.17) is 0 Å². The first-order chi connectivity index (χ1) is 7.08. The maximum atomic E-state index is 10.7. The Morgan fingerprint density at radius 3 is 2.87 bits per heavy atom. The van der Waals surface area contributed by atoms with Crippen molar-refractivity contribution in [3.63, 3.8) is 0 Å². The zero-order valence-electron chi connectivity index (χ0n) is 8.82. The second-order valence-electron chi connectivity index (χ2n) is 3.34. The van der Waals surface area contributed by atoms with Crippen LogP contribution >= 0.6 is 11.8 Å². The molecule has 0 saturated carbocycles. The van der Waals surface area contributed by atoms with E-state index >= 15 is 0 Å². The van der Waals surface area contributed by atoms with Gasteiger partial charge in [-0.15, -0.1) is 0 Å². The Bertz CT molecular complexity index is 314. The Balaban J connectivity index is 2.04. The molecule has 2 N–H and O–H groups in total. The summed E-state index contributed by atoms with van der Waals surface area (Å²) in [5.41, 5.74) is 0. The molecule has 0 bridgehead atoms. The van der Waals surface area contributed by atoms with E-state index in [2.05, 4.69) is 15.0 Å². The molecule has 0 fully saturated rings. The van der Waals surface area contributed by atoms with Gasteiger partial charge in [-0.1, -0.05) is 11.8 Å². The number of amidine groups is 1. The minimum absolute atomic E-state index is 0.476. The van der Waals surface area contributed by atoms with E-state index in [1.54, 1.807) is 11.8 Å². The van der Waals surface area contributed by atoms with Gasteiger partial charge in [0.2, 0.25) is 10.0 Å². The van der Waals surface area contributed by atoms with Gasteiger partial charge in [-0.25, -0.2) is 13.1 Å². The monoisotopic (exact) mass is 251 g/mol. The van der Waals surface area contributed by atoms with Crippen LogP contribution in [0, 0.1) is 0 Å². The lowest BCUT2D eigenvalue weighted by atomic mass is 10.4. The summed E-state index contributed by atoms with van der Waals surface area (Å²) in [7, 11) is -3.04. The third-order valence-corrected chi connectivity index (χ3v) is 3.56. The van der Waals surface area contributed by atoms with Gasteiger partial charge in [-0.2, -0.15) is 0 Å². The van der Waals surface area contributed by atoms with Crippen LogP contribution in [0.4, 0.5) is 0 Å². The zero-order valence-corrected chi connectivity index (χ0v) is 10.5. The molecule has 0 saturated heterocycles. The number of sulfonamides is 1. The van der Waals surface area contributed by atoms with Crippen molar-refractivity contribution >= 4 is 27.0 Å². The third kappa shape index (κ3) is 6.75. The van der Waals surface area contributed by atoms with Crippen molar-refractivity contribution in [1.29, 1.82) is 0 Å². The molecule has 0 unspecified atom stereocenters. The molecule has 5 nitrogen and oxygen atoms in total. The van der Waals surface area contributed by atoms with Crippen LogP contribution in [-0.4, -0.2) is 45.2 Å². The average Bonchev–Trinajstić information content (AvgIpc) is 2.17. The van der Waals surface area contributed by atoms with Crippen LogP contribution in [0.15, 0.2) is 4.99 Å². The highest BCUT2D eigenvalue weighted by atomic mass is 32.2. The van der Waals surface area contributed by atoms with E-state index in [0.717, 1.165) is 36.9 Å². The summed E-state index contributed by atoms with van der Waals surface area (Å²) < 4.78 is 23.9. The summed E-state index contributed by atoms with van der Waals surface area (Å²) in [5, 5.41) is 4.17. The van der Waals surface area contributed by atoms with Crippen LogP contribution in [0.5, 0.6) is 0 Å². The molecule has 1 aliphatic heterocycles. The maximum absolute atomic E-state index is 10.7. The predicted molar refractivity (Wildman–Crippen MR) is 64.8 cm³/mol. The highest BCUT2D eigenvalue weighted by Gasteiger charge is 2.04. The Labute approximate surface area is 95.2 Å². The fraction of sp³-hybridized carbons (Fsp3) is 0.875. The van der Waals surface area contributed by atoms with E-state index in [-0.39, 0.29) is 0 Å². The molecular formula is C8H17N3O2S2. The van der Waals surface area contributed by atoms with Crippen LogP contribution in [-0.2, 0) is 10.0 Å². The summed E-state index contributed by atoms with van der Waals surface area (Å²) in [6, 6.07) is 0. The molecule has 0 aliphatic carbocycles. The highest BCUT2D eigenvalue weighted by Crippen LogP contribution is 2.09. The van der Waals surface area contributed by atoms with Crippen LogP contribution in [0.1, 0.15) is 12.8 Å². The highest BCUT2D eigenvalue weighted by molar-refractivity contribution is 8.13. The van der Waals surface area contributed by atoms with Crippen molar-refractivity contribution in [1.82, 2.24) is 10.0 Å². The van der Waals surface area contributed by atoms with Crippen molar-refractivity contribution in [2.45, 2.75) is 12.8 Å². The first kappa shape index (κ1) is 12.8. The molecule has 1 rings (SSSR count). The van der Waals surface area contributed by atoms with E-state index in [9.17, 15) is 8.42 Å². The first-order valence-corrected chi connectivity index (χ1v) is 7.81. The lowest BCUT2D eigenvalue weighted by Crippen LogP contribution is -2.29. The van der Waals surface area contributed by atoms with Gasteiger partial charge in [0.25, 0.3) is 0 Å². The second-order valence-corrected chi connectivity index (χ2v) is 6.25. The molecule has 1 aliphatic rings. The predicted octanol–water partition coefficient (Wildman–Crippen LogP) is 0.00820. The summed E-state index contributed by atoms with van der Waals surface area (Å²) in [4.78, 5) is 4.31. The van der Waals surface area contributed by atoms with Gasteiger partial charge in [0.15, 0.2) is 5.17 Å². The van der Waals surface area contributed by atoms with Crippen LogP contribution in [0.3, 0.4) is 0 Å². The van der Waals surface area contributed by atoms with Crippen molar-refractivity contribution in [2.75, 3.05) is 31.6 Å². The van der Waals surface area contributed by atoms with Gasteiger partial charge in [0.1, 0.15) is 0 Å². The SMILES string of the molecule is CS(=O)(=O)NCCCNC1=NCCCS1. The number of thioether (sulfide) groups is 1. The second kappa shape index (κ2) is 6.34. The van der Waals surface area contributed by atoms with E-state index in [1.807, 2.05) is 0 Å². The van der Waals surface area contributed by atoms with Gasteiger partial charge in [-0.3, -0.25) is 4.99 Å². The number of nitrogens with zero attached hydrogens (tertiary/aromatic N) is 1. The molecule has 0 aromatic heterocycles. The van der Waals surface area contributed by atoms with Gasteiger partial charge < -0.3 is 5.32 Å². The first-order valence-electron chi connectivity index (χ1n) is 4.94. The quantitative estimate of drug-likeness (QED) is 0.675. The standard InChI is InChI=1S/C8H17N3O2S2/c1-15(12,13)11-6-2-4-9-8-10-5-3-7-14-8/h11H,2-7H2,1H3,(H,9,10). The number of nitrogens with one attached hydrogen (secondary N) is 2. The minimum atomic E-state index is -3.04. The Morgan fingerprint density at radius 2 is 2.27 bits per heavy atom. The molecule has 88 valence electrons. The van der Waals surface area contributed by atoms with Gasteiger partial charge in [0, 0.05) is 25.4 Å². The molecular weight excluding hydrogens is 234 g/mol. The van der Waals surface area contributed by atoms with Crippen LogP contribution < -0.4 is 10.0 Å². The lowest BCUT2D eigenvalue weighted by molar-refractivity contribution is 0.584. The largest absolute Gasteiger partial charge is 0.365 e. The van der Waals surface area contributed by atoms with E-state index < -0.39 is 10.0 Å². The van der Waals surface area contributed by atoms with Crippen molar-refractivity contribution in [2.24, 2.45) is 4.99 Å². The molecule has 0 spiro atoms. The Morgan fingerprint density at radius 1 is 1.47 bits per heavy atom. The summed E-state index contributed by atoms with van der Waals surface area (Å²) in [6.45, 7) is 2.13. The summed E-state index contributed by atoms with van der Waals surface area (Å²) in [6.07, 6.45) is 3.08. The molecule has 0 radical (unpaired) electrons. The average molecular weight is 251 g/mol. The fourth-order valence-corrected chi connectivity index (χ4v) is 2.48. The molecule has 0 amide bonds. The van der Waals surface area contributed by atoms with Crippen molar-refractivity contribution in [3.8, 4) is 0 Å². The Hall–Kier alpha value is -0.270. The molecule has 1 heterocycles. The van der Waals surface area contributed by atoms with Gasteiger partial charge in [0.05, 0.1) is 6.26 Å². The molecule has 0 atom stereocenters. The van der Waals surface area contributed by atoms with Gasteiger partial charge in [-0.05, 0) is 12.8 Å². The number of hydrogen-bond acceptors (Lipinski definition) is 5. The molecule has 15 heavy (non-hydrogen) atoms. The topological polar surface area (TPSA) is 70.6 Å². The fourth-order valence-electron chi connectivity index (χ4n) is 1.11. The van der Waals surface area contributed by atoms with Crippen molar-refractivity contribution in [3.05, 3.63) is 0 Å². The van der Waals surface area contributed by atoms with Crippen LogP contribution in [0.2, 0.25) is 0 Å². The minimum Gasteiger partial charge on any atom is -0.365 e. The number of hydrogen-bond donors (Lipinski definition) is 2. The zero-order chi connectivity index (χ0) is 11.1. The van der Waals surface area contributed by atoms with Crippen molar-refractivity contribution < 1.29 is 8.42 Å². The molecule has 0 aromatic carbocycles.